The number of nitrogens with one attached hydrogen (secondary N) is 2. The molecule has 0 aromatic heterocycles. The van der Waals surface area contributed by atoms with Crippen LogP contribution in [0.4, 0.5) is 0 Å². The Morgan fingerprint density at radius 1 is 1.43 bits per heavy atom. The minimum absolute atomic E-state index is 0.0296. The van der Waals surface area contributed by atoms with Crippen LogP contribution in [0, 0.1) is 0 Å². The molecule has 4 nitrogen and oxygen atoms in total. The average molecular weight is 218 g/mol. The molecule has 14 heavy (non-hydrogen) atoms. The molecule has 0 aromatic carbocycles. The first-order chi connectivity index (χ1) is 6.61. The van der Waals surface area contributed by atoms with Crippen LogP contribution in [0.5, 0.6) is 0 Å². The Balaban J connectivity index is 3.85. The summed E-state index contributed by atoms with van der Waals surface area (Å²) in [5, 5.41) is 5.51. The number of amides is 1. The van der Waals surface area contributed by atoms with Gasteiger partial charge in [-0.15, -0.1) is 0 Å². The molecule has 0 bridgehead atoms. The Morgan fingerprint density at radius 2 is 2.07 bits per heavy atom. The quantitative estimate of drug-likeness (QED) is 0.633. The van der Waals surface area contributed by atoms with Gasteiger partial charge in [0.1, 0.15) is 5.78 Å². The Kier molecular flexibility index (Phi) is 7.51. The fourth-order valence-corrected chi connectivity index (χ4v) is 1.45. The molecule has 1 unspecified atom stereocenters. The van der Waals surface area contributed by atoms with Crippen LogP contribution in [-0.4, -0.2) is 43.3 Å². The summed E-state index contributed by atoms with van der Waals surface area (Å²) in [5.74, 6) is 0.800. The number of carbonyl (C=O) groups excluding carboxylic acids is 2. The molecule has 0 saturated carbocycles. The molecule has 0 radical (unpaired) electrons. The lowest BCUT2D eigenvalue weighted by atomic mass is 10.2. The largest absolute Gasteiger partial charge is 0.348 e. The Labute approximate surface area is 89.2 Å². The highest BCUT2D eigenvalue weighted by Crippen LogP contribution is 2.00. The second kappa shape index (κ2) is 7.82. The molecule has 1 atom stereocenters. The van der Waals surface area contributed by atoms with Crippen LogP contribution in [0.25, 0.3) is 0 Å². The van der Waals surface area contributed by atoms with Crippen molar-refractivity contribution in [3.05, 3.63) is 0 Å². The summed E-state index contributed by atoms with van der Waals surface area (Å²) in [6.07, 6.45) is 2.78. The molecule has 0 aliphatic heterocycles. The van der Waals surface area contributed by atoms with Gasteiger partial charge in [-0.3, -0.25) is 9.59 Å². The summed E-state index contributed by atoms with van der Waals surface area (Å²) in [4.78, 5) is 22.1. The van der Waals surface area contributed by atoms with E-state index in [9.17, 15) is 9.59 Å². The average Bonchev–Trinajstić information content (AvgIpc) is 2.16. The lowest BCUT2D eigenvalue weighted by Crippen LogP contribution is -2.44. The van der Waals surface area contributed by atoms with Crippen LogP contribution in [0.3, 0.4) is 0 Å². The highest BCUT2D eigenvalue weighted by molar-refractivity contribution is 7.98. The van der Waals surface area contributed by atoms with Crippen molar-refractivity contribution in [1.82, 2.24) is 10.6 Å². The van der Waals surface area contributed by atoms with Crippen molar-refractivity contribution in [2.45, 2.75) is 19.4 Å². The number of carbonyl (C=O) groups is 2. The highest BCUT2D eigenvalue weighted by atomic mass is 32.2. The van der Waals surface area contributed by atoms with E-state index in [1.807, 2.05) is 6.26 Å². The first-order valence-electron chi connectivity index (χ1n) is 4.55. The Bertz CT molecular complexity index is 197. The summed E-state index contributed by atoms with van der Waals surface area (Å²) in [6.45, 7) is 1.58. The third-order valence-electron chi connectivity index (χ3n) is 1.79. The predicted octanol–water partition coefficient (Wildman–Crippen LogP) is 0.0327. The number of rotatable bonds is 7. The van der Waals surface area contributed by atoms with Gasteiger partial charge in [0.05, 0.1) is 12.6 Å². The standard InChI is InChI=1S/C9H18N2O2S/c1-7(12)6-11-9(13)8(10-2)4-5-14-3/h8,10H,4-6H2,1-3H3,(H,11,13). The van der Waals surface area contributed by atoms with Gasteiger partial charge in [-0.1, -0.05) is 0 Å². The maximum atomic E-state index is 11.4. The molecule has 0 heterocycles. The van der Waals surface area contributed by atoms with E-state index in [4.69, 9.17) is 0 Å². The topological polar surface area (TPSA) is 58.2 Å². The van der Waals surface area contributed by atoms with E-state index in [1.54, 1.807) is 18.8 Å². The zero-order chi connectivity index (χ0) is 11.0. The monoisotopic (exact) mass is 218 g/mol. The van der Waals surface area contributed by atoms with Gasteiger partial charge in [0.25, 0.3) is 0 Å². The van der Waals surface area contributed by atoms with Gasteiger partial charge < -0.3 is 10.6 Å². The smallest absolute Gasteiger partial charge is 0.237 e. The van der Waals surface area contributed by atoms with Gasteiger partial charge in [-0.05, 0) is 32.4 Å². The molecule has 0 aromatic rings. The van der Waals surface area contributed by atoms with Crippen molar-refractivity contribution in [2.24, 2.45) is 0 Å². The molecule has 0 fully saturated rings. The lowest BCUT2D eigenvalue weighted by Gasteiger charge is -2.14. The molecule has 0 saturated heterocycles. The molecule has 0 aliphatic carbocycles. The van der Waals surface area contributed by atoms with Gasteiger partial charge in [0, 0.05) is 0 Å². The van der Waals surface area contributed by atoms with Crippen molar-refractivity contribution < 1.29 is 9.59 Å². The maximum Gasteiger partial charge on any atom is 0.237 e. The van der Waals surface area contributed by atoms with Gasteiger partial charge in [0.2, 0.25) is 5.91 Å². The second-order valence-electron chi connectivity index (χ2n) is 3.04. The first kappa shape index (κ1) is 13.4. The fraction of sp³-hybridized carbons (Fsp3) is 0.778. The number of thioether (sulfide) groups is 1. The number of ketones is 1. The maximum absolute atomic E-state index is 11.4. The number of hydrogen-bond donors (Lipinski definition) is 2. The third kappa shape index (κ3) is 5.99. The van der Waals surface area contributed by atoms with Gasteiger partial charge in [-0.25, -0.2) is 0 Å². The zero-order valence-electron chi connectivity index (χ0n) is 8.92. The van der Waals surface area contributed by atoms with E-state index < -0.39 is 0 Å². The van der Waals surface area contributed by atoms with E-state index in [1.165, 1.54) is 6.92 Å². The number of hydrogen-bond acceptors (Lipinski definition) is 4. The molecule has 0 aliphatic rings. The van der Waals surface area contributed by atoms with Gasteiger partial charge in [0.15, 0.2) is 0 Å². The van der Waals surface area contributed by atoms with Crippen LogP contribution in [-0.2, 0) is 9.59 Å². The van der Waals surface area contributed by atoms with Gasteiger partial charge in [-0.2, -0.15) is 11.8 Å². The van der Waals surface area contributed by atoms with Crippen LogP contribution >= 0.6 is 11.8 Å². The molecule has 1 amide bonds. The third-order valence-corrected chi connectivity index (χ3v) is 2.43. The van der Waals surface area contributed by atoms with Crippen molar-refractivity contribution in [2.75, 3.05) is 25.6 Å². The van der Waals surface area contributed by atoms with Crippen molar-refractivity contribution in [3.8, 4) is 0 Å². The first-order valence-corrected chi connectivity index (χ1v) is 5.94. The van der Waals surface area contributed by atoms with E-state index in [0.717, 1.165) is 12.2 Å². The molecule has 82 valence electrons. The van der Waals surface area contributed by atoms with E-state index in [0.29, 0.717) is 0 Å². The minimum atomic E-state index is -0.193. The van der Waals surface area contributed by atoms with Crippen molar-refractivity contribution >= 4 is 23.5 Å². The number of Topliss-reactive ketones (excluding diaryl/α,β-unsaturated/α-hetero) is 1. The van der Waals surface area contributed by atoms with Crippen molar-refractivity contribution in [1.29, 1.82) is 0 Å². The van der Waals surface area contributed by atoms with E-state index >= 15 is 0 Å². The van der Waals surface area contributed by atoms with Crippen molar-refractivity contribution in [3.63, 3.8) is 0 Å². The normalized spacial score (nSPS) is 12.2. The SMILES string of the molecule is CNC(CCSC)C(=O)NCC(C)=O. The molecular formula is C9H18N2O2S. The Hall–Kier alpha value is -0.550. The summed E-state index contributed by atoms with van der Waals surface area (Å²) in [7, 11) is 1.75. The fourth-order valence-electron chi connectivity index (χ4n) is 0.977. The van der Waals surface area contributed by atoms with Crippen LogP contribution in [0.15, 0.2) is 0 Å². The molecule has 5 heteroatoms. The summed E-state index contributed by atoms with van der Waals surface area (Å²) < 4.78 is 0. The number of likely N-dealkylation sites (N-methyl/N-ethyl adjacent to an activating group) is 1. The summed E-state index contributed by atoms with van der Waals surface area (Å²) >= 11 is 1.70. The van der Waals surface area contributed by atoms with Crippen LogP contribution < -0.4 is 10.6 Å². The summed E-state index contributed by atoms with van der Waals surface area (Å²) in [6, 6.07) is -0.193. The molecule has 2 N–H and O–H groups in total. The lowest BCUT2D eigenvalue weighted by molar-refractivity contribution is -0.125. The van der Waals surface area contributed by atoms with Crippen LogP contribution in [0.1, 0.15) is 13.3 Å². The predicted molar refractivity (Wildman–Crippen MR) is 59.5 cm³/mol. The van der Waals surface area contributed by atoms with E-state index in [2.05, 4.69) is 10.6 Å². The van der Waals surface area contributed by atoms with E-state index in [-0.39, 0.29) is 24.3 Å². The highest BCUT2D eigenvalue weighted by Gasteiger charge is 2.15. The molecule has 0 rings (SSSR count). The minimum Gasteiger partial charge on any atom is -0.348 e. The molecular weight excluding hydrogens is 200 g/mol. The zero-order valence-corrected chi connectivity index (χ0v) is 9.74. The molecule has 0 spiro atoms. The van der Waals surface area contributed by atoms with Gasteiger partial charge >= 0.3 is 0 Å². The Morgan fingerprint density at radius 3 is 2.50 bits per heavy atom. The van der Waals surface area contributed by atoms with Crippen LogP contribution in [0.2, 0.25) is 0 Å². The summed E-state index contributed by atoms with van der Waals surface area (Å²) in [5.41, 5.74) is 0. The second-order valence-corrected chi connectivity index (χ2v) is 4.03.